The van der Waals surface area contributed by atoms with Crippen molar-refractivity contribution in [2.75, 3.05) is 11.5 Å². The summed E-state index contributed by atoms with van der Waals surface area (Å²) in [4.78, 5) is 0. The van der Waals surface area contributed by atoms with Gasteiger partial charge in [0.25, 0.3) is 0 Å². The molecule has 4 nitrogen and oxygen atoms in total. The minimum Gasteiger partial charge on any atom is -0.457 e. The predicted octanol–water partition coefficient (Wildman–Crippen LogP) is 6.34. The van der Waals surface area contributed by atoms with Gasteiger partial charge in [-0.3, -0.25) is 0 Å². The zero-order valence-corrected chi connectivity index (χ0v) is 16.6. The minimum atomic E-state index is 0.685. The normalized spacial score (nSPS) is 10.6. The molecule has 0 aliphatic rings. The van der Waals surface area contributed by atoms with Gasteiger partial charge in [-0.2, -0.15) is 0 Å². The third kappa shape index (κ3) is 4.97. The summed E-state index contributed by atoms with van der Waals surface area (Å²) < 4.78 is 12.4. The third-order valence-electron chi connectivity index (χ3n) is 4.45. The van der Waals surface area contributed by atoms with Crippen LogP contribution < -0.4 is 20.9 Å². The number of rotatable bonds is 8. The van der Waals surface area contributed by atoms with Crippen LogP contribution in [-0.4, -0.2) is 0 Å². The van der Waals surface area contributed by atoms with Crippen molar-refractivity contribution in [3.05, 3.63) is 71.8 Å². The van der Waals surface area contributed by atoms with E-state index >= 15 is 0 Å². The number of nitrogen functional groups attached to an aromatic ring is 2. The Morgan fingerprint density at radius 3 is 1.43 bits per heavy atom. The highest BCUT2D eigenvalue weighted by atomic mass is 16.5. The fourth-order valence-corrected chi connectivity index (χ4v) is 3.17. The largest absolute Gasteiger partial charge is 0.457 e. The standard InChI is InChI=1S/C24H28N2O2/c1-3-7-17-13-24(28-22-12-6-10-20(26)16-22)18(8-4-2)14-23(17)27-21-11-5-9-19(25)15-21/h5-6,9-16H,3-4,7-8,25-26H2,1-2H3. The average molecular weight is 377 g/mol. The van der Waals surface area contributed by atoms with E-state index < -0.39 is 0 Å². The molecule has 0 aromatic heterocycles. The molecule has 0 aliphatic heterocycles. The van der Waals surface area contributed by atoms with Gasteiger partial charge in [0.15, 0.2) is 0 Å². The first-order valence-electron chi connectivity index (χ1n) is 9.81. The minimum absolute atomic E-state index is 0.685. The monoisotopic (exact) mass is 376 g/mol. The molecular weight excluding hydrogens is 348 g/mol. The van der Waals surface area contributed by atoms with E-state index in [0.29, 0.717) is 11.4 Å². The molecule has 0 amide bonds. The second-order valence-corrected chi connectivity index (χ2v) is 6.92. The lowest BCUT2D eigenvalue weighted by Gasteiger charge is -2.17. The Morgan fingerprint density at radius 1 is 0.643 bits per heavy atom. The van der Waals surface area contributed by atoms with Crippen molar-refractivity contribution in [2.45, 2.75) is 39.5 Å². The van der Waals surface area contributed by atoms with Crippen molar-refractivity contribution in [3.8, 4) is 23.0 Å². The van der Waals surface area contributed by atoms with Crippen molar-refractivity contribution in [2.24, 2.45) is 0 Å². The topological polar surface area (TPSA) is 70.5 Å². The Hall–Kier alpha value is -3.14. The SMILES string of the molecule is CCCc1cc(Oc2cccc(N)c2)c(CCC)cc1Oc1cccc(N)c1. The highest BCUT2D eigenvalue weighted by molar-refractivity contribution is 5.52. The maximum atomic E-state index is 6.20. The molecule has 0 radical (unpaired) electrons. The Labute approximate surface area is 167 Å². The Balaban J connectivity index is 1.99. The smallest absolute Gasteiger partial charge is 0.131 e. The summed E-state index contributed by atoms with van der Waals surface area (Å²) in [6.07, 6.45) is 3.82. The number of hydrogen-bond acceptors (Lipinski definition) is 4. The fraction of sp³-hybridized carbons (Fsp3) is 0.250. The van der Waals surface area contributed by atoms with Gasteiger partial charge in [-0.15, -0.1) is 0 Å². The lowest BCUT2D eigenvalue weighted by atomic mass is 10.0. The molecule has 4 heteroatoms. The van der Waals surface area contributed by atoms with E-state index in [9.17, 15) is 0 Å². The van der Waals surface area contributed by atoms with Gasteiger partial charge < -0.3 is 20.9 Å². The van der Waals surface area contributed by atoms with Crippen LogP contribution in [0.4, 0.5) is 11.4 Å². The molecule has 146 valence electrons. The van der Waals surface area contributed by atoms with Gasteiger partial charge in [-0.1, -0.05) is 38.8 Å². The van der Waals surface area contributed by atoms with Crippen LogP contribution in [0.2, 0.25) is 0 Å². The summed E-state index contributed by atoms with van der Waals surface area (Å²) in [7, 11) is 0. The van der Waals surface area contributed by atoms with Crippen LogP contribution in [0.3, 0.4) is 0 Å². The molecule has 0 spiro atoms. The first-order valence-corrected chi connectivity index (χ1v) is 9.81. The van der Waals surface area contributed by atoms with Gasteiger partial charge >= 0.3 is 0 Å². The molecule has 0 heterocycles. The van der Waals surface area contributed by atoms with Crippen LogP contribution in [0, 0.1) is 0 Å². The zero-order valence-electron chi connectivity index (χ0n) is 16.6. The number of anilines is 2. The number of ether oxygens (including phenoxy) is 2. The van der Waals surface area contributed by atoms with Crippen LogP contribution in [0.1, 0.15) is 37.8 Å². The van der Waals surface area contributed by atoms with Gasteiger partial charge in [0, 0.05) is 23.5 Å². The molecule has 3 aromatic carbocycles. The third-order valence-corrected chi connectivity index (χ3v) is 4.45. The van der Waals surface area contributed by atoms with Crippen LogP contribution in [-0.2, 0) is 12.8 Å². The Kier molecular flexibility index (Phi) is 6.43. The number of nitrogens with two attached hydrogens (primary N) is 2. The van der Waals surface area contributed by atoms with Crippen LogP contribution in [0.5, 0.6) is 23.0 Å². The summed E-state index contributed by atoms with van der Waals surface area (Å²) in [5, 5.41) is 0. The van der Waals surface area contributed by atoms with Crippen molar-refractivity contribution >= 4 is 11.4 Å². The summed E-state index contributed by atoms with van der Waals surface area (Å²) in [6, 6.07) is 19.2. The van der Waals surface area contributed by atoms with Gasteiger partial charge in [-0.25, -0.2) is 0 Å². The average Bonchev–Trinajstić information content (AvgIpc) is 2.65. The molecule has 28 heavy (non-hydrogen) atoms. The lowest BCUT2D eigenvalue weighted by Crippen LogP contribution is -1.99. The van der Waals surface area contributed by atoms with E-state index in [1.165, 1.54) is 0 Å². The van der Waals surface area contributed by atoms with Crippen molar-refractivity contribution in [1.82, 2.24) is 0 Å². The Bertz CT molecular complexity index is 860. The first kappa shape index (κ1) is 19.6. The second-order valence-electron chi connectivity index (χ2n) is 6.92. The zero-order chi connectivity index (χ0) is 19.9. The van der Waals surface area contributed by atoms with Gasteiger partial charge in [0.2, 0.25) is 0 Å². The quantitative estimate of drug-likeness (QED) is 0.450. The molecule has 4 N–H and O–H groups in total. The molecule has 3 aromatic rings. The number of hydrogen-bond donors (Lipinski definition) is 2. The number of aryl methyl sites for hydroxylation is 2. The molecule has 0 atom stereocenters. The maximum absolute atomic E-state index is 6.20. The molecular formula is C24H28N2O2. The molecule has 0 aliphatic carbocycles. The summed E-state index contributed by atoms with van der Waals surface area (Å²) in [5.41, 5.74) is 15.4. The van der Waals surface area contributed by atoms with Crippen molar-refractivity contribution in [1.29, 1.82) is 0 Å². The van der Waals surface area contributed by atoms with Crippen molar-refractivity contribution in [3.63, 3.8) is 0 Å². The van der Waals surface area contributed by atoms with E-state index in [1.807, 2.05) is 48.5 Å². The molecule has 0 saturated heterocycles. The van der Waals surface area contributed by atoms with Crippen LogP contribution in [0.25, 0.3) is 0 Å². The van der Waals surface area contributed by atoms with E-state index in [-0.39, 0.29) is 0 Å². The summed E-state index contributed by atoms with van der Waals surface area (Å²) >= 11 is 0. The highest BCUT2D eigenvalue weighted by Gasteiger charge is 2.14. The van der Waals surface area contributed by atoms with Gasteiger partial charge in [-0.05, 0) is 60.4 Å². The van der Waals surface area contributed by atoms with Crippen molar-refractivity contribution < 1.29 is 9.47 Å². The summed E-state index contributed by atoms with van der Waals surface area (Å²) in [5.74, 6) is 3.19. The van der Waals surface area contributed by atoms with Crippen LogP contribution in [0.15, 0.2) is 60.7 Å². The molecule has 0 saturated carbocycles. The summed E-state index contributed by atoms with van der Waals surface area (Å²) in [6.45, 7) is 4.31. The number of benzene rings is 3. The molecule has 0 unspecified atom stereocenters. The lowest BCUT2D eigenvalue weighted by molar-refractivity contribution is 0.458. The molecule has 3 rings (SSSR count). The van der Waals surface area contributed by atoms with Gasteiger partial charge in [0.05, 0.1) is 0 Å². The van der Waals surface area contributed by atoms with Crippen LogP contribution >= 0.6 is 0 Å². The fourth-order valence-electron chi connectivity index (χ4n) is 3.17. The van der Waals surface area contributed by atoms with E-state index in [0.717, 1.165) is 59.8 Å². The first-order chi connectivity index (χ1) is 13.6. The van der Waals surface area contributed by atoms with Gasteiger partial charge in [0.1, 0.15) is 23.0 Å². The van der Waals surface area contributed by atoms with E-state index in [1.54, 1.807) is 0 Å². The van der Waals surface area contributed by atoms with E-state index in [4.69, 9.17) is 20.9 Å². The van der Waals surface area contributed by atoms with E-state index in [2.05, 4.69) is 26.0 Å². The Morgan fingerprint density at radius 2 is 1.07 bits per heavy atom. The highest BCUT2D eigenvalue weighted by Crippen LogP contribution is 2.36. The maximum Gasteiger partial charge on any atom is 0.131 e. The predicted molar refractivity (Wildman–Crippen MR) is 116 cm³/mol. The molecule has 0 fully saturated rings. The second kappa shape index (κ2) is 9.18. The molecule has 0 bridgehead atoms.